The van der Waals surface area contributed by atoms with Crippen LogP contribution in [0, 0.1) is 6.92 Å². The van der Waals surface area contributed by atoms with E-state index in [-0.39, 0.29) is 10.8 Å². The average Bonchev–Trinajstić information content (AvgIpc) is 2.75. The van der Waals surface area contributed by atoms with Crippen LogP contribution in [0.1, 0.15) is 11.1 Å². The van der Waals surface area contributed by atoms with Crippen LogP contribution in [-0.2, 0) is 14.8 Å². The predicted octanol–water partition coefficient (Wildman–Crippen LogP) is 5.11. The van der Waals surface area contributed by atoms with Gasteiger partial charge in [0.25, 0.3) is 10.0 Å². The number of ether oxygens (including phenoxy) is 1. The highest BCUT2D eigenvalue weighted by atomic mass is 35.5. The molecule has 0 bridgehead atoms. The van der Waals surface area contributed by atoms with Crippen LogP contribution in [0.15, 0.2) is 77.7 Å². The summed E-state index contributed by atoms with van der Waals surface area (Å²) in [6.45, 7) is 1.78. The van der Waals surface area contributed by atoms with E-state index in [9.17, 15) is 13.2 Å². The Bertz CT molecular complexity index is 1220. The first-order valence-corrected chi connectivity index (χ1v) is 11.2. The van der Waals surface area contributed by atoms with Gasteiger partial charge in [-0.25, -0.2) is 8.42 Å². The van der Waals surface area contributed by atoms with Crippen molar-refractivity contribution >= 4 is 45.0 Å². The summed E-state index contributed by atoms with van der Waals surface area (Å²) in [6.07, 6.45) is 3.02. The molecule has 6 nitrogen and oxygen atoms in total. The van der Waals surface area contributed by atoms with E-state index in [4.69, 9.17) is 16.3 Å². The number of halogens is 1. The van der Waals surface area contributed by atoms with Gasteiger partial charge < -0.3 is 10.1 Å². The fourth-order valence-electron chi connectivity index (χ4n) is 2.78. The number of sulfonamides is 1. The fraction of sp³-hybridized carbons (Fsp3) is 0.0870. The molecule has 31 heavy (non-hydrogen) atoms. The van der Waals surface area contributed by atoms with Crippen molar-refractivity contribution in [3.63, 3.8) is 0 Å². The molecule has 8 heteroatoms. The van der Waals surface area contributed by atoms with Gasteiger partial charge in [-0.1, -0.05) is 35.9 Å². The van der Waals surface area contributed by atoms with E-state index in [1.165, 1.54) is 30.3 Å². The van der Waals surface area contributed by atoms with Crippen molar-refractivity contribution in [1.29, 1.82) is 0 Å². The third-order valence-corrected chi connectivity index (χ3v) is 6.05. The highest BCUT2D eigenvalue weighted by molar-refractivity contribution is 7.92. The van der Waals surface area contributed by atoms with Gasteiger partial charge in [0.15, 0.2) is 0 Å². The van der Waals surface area contributed by atoms with Gasteiger partial charge >= 0.3 is 0 Å². The maximum absolute atomic E-state index is 12.7. The summed E-state index contributed by atoms with van der Waals surface area (Å²) < 4.78 is 33.1. The monoisotopic (exact) mass is 456 g/mol. The van der Waals surface area contributed by atoms with Gasteiger partial charge in [-0.05, 0) is 61.0 Å². The molecule has 160 valence electrons. The number of carbonyl (C=O) groups excluding carboxylic acids is 1. The highest BCUT2D eigenvalue weighted by Crippen LogP contribution is 2.24. The van der Waals surface area contributed by atoms with Gasteiger partial charge in [0.2, 0.25) is 5.91 Å². The zero-order chi connectivity index (χ0) is 22.4. The van der Waals surface area contributed by atoms with E-state index in [1.807, 2.05) is 18.2 Å². The Kier molecular flexibility index (Phi) is 6.99. The number of rotatable bonds is 7. The van der Waals surface area contributed by atoms with Gasteiger partial charge in [-0.2, -0.15) is 0 Å². The van der Waals surface area contributed by atoms with Crippen LogP contribution in [0.3, 0.4) is 0 Å². The lowest BCUT2D eigenvalue weighted by Crippen LogP contribution is -2.14. The van der Waals surface area contributed by atoms with Gasteiger partial charge in [-0.3, -0.25) is 9.52 Å². The number of benzene rings is 3. The molecule has 3 aromatic rings. The molecular formula is C23H21ClN2O4S. The molecule has 0 spiro atoms. The predicted molar refractivity (Wildman–Crippen MR) is 124 cm³/mol. The minimum Gasteiger partial charge on any atom is -0.496 e. The van der Waals surface area contributed by atoms with Crippen molar-refractivity contribution in [2.24, 2.45) is 0 Å². The molecule has 2 N–H and O–H groups in total. The van der Waals surface area contributed by atoms with Crippen LogP contribution in [-0.4, -0.2) is 21.4 Å². The summed E-state index contributed by atoms with van der Waals surface area (Å²) in [7, 11) is -2.24. The van der Waals surface area contributed by atoms with Gasteiger partial charge in [0.1, 0.15) is 5.75 Å². The summed E-state index contributed by atoms with van der Waals surface area (Å²) in [5.74, 6) is 0.303. The second-order valence-electron chi connectivity index (χ2n) is 6.65. The van der Waals surface area contributed by atoms with Gasteiger partial charge in [0, 0.05) is 22.3 Å². The maximum Gasteiger partial charge on any atom is 0.261 e. The number of aryl methyl sites for hydroxylation is 1. The fourth-order valence-corrected chi connectivity index (χ4v) is 4.07. The first-order valence-electron chi connectivity index (χ1n) is 9.29. The molecule has 0 radical (unpaired) electrons. The second-order valence-corrected chi connectivity index (χ2v) is 8.77. The topological polar surface area (TPSA) is 84.5 Å². The minimum absolute atomic E-state index is 0.0643. The maximum atomic E-state index is 12.7. The standard InChI is InChI=1S/C23H21ClN2O4S/c1-16-7-9-18(24)15-21(16)26-31(28,29)20-12-10-19(11-13-20)25-23(27)14-8-17-5-3-4-6-22(17)30-2/h3-15,26H,1-2H3,(H,25,27)/b14-8+. The minimum atomic E-state index is -3.80. The summed E-state index contributed by atoms with van der Waals surface area (Å²) >= 11 is 5.96. The van der Waals surface area contributed by atoms with E-state index < -0.39 is 10.0 Å². The third kappa shape index (κ3) is 5.87. The van der Waals surface area contributed by atoms with E-state index in [1.54, 1.807) is 44.4 Å². The van der Waals surface area contributed by atoms with Crippen LogP contribution in [0.2, 0.25) is 5.02 Å². The van der Waals surface area contributed by atoms with Crippen molar-refractivity contribution in [3.05, 3.63) is 89.0 Å². The lowest BCUT2D eigenvalue weighted by Gasteiger charge is -2.11. The third-order valence-electron chi connectivity index (χ3n) is 4.43. The summed E-state index contributed by atoms with van der Waals surface area (Å²) in [6, 6.07) is 18.2. The lowest BCUT2D eigenvalue weighted by molar-refractivity contribution is -0.111. The molecule has 0 unspecified atom stereocenters. The van der Waals surface area contributed by atoms with Crippen LogP contribution in [0.25, 0.3) is 6.08 Å². The van der Waals surface area contributed by atoms with Crippen molar-refractivity contribution in [1.82, 2.24) is 0 Å². The molecule has 0 heterocycles. The number of nitrogens with one attached hydrogen (secondary N) is 2. The SMILES string of the molecule is COc1ccccc1/C=C/C(=O)Nc1ccc(S(=O)(=O)Nc2cc(Cl)ccc2C)cc1. The van der Waals surface area contributed by atoms with Crippen molar-refractivity contribution in [2.75, 3.05) is 17.1 Å². The zero-order valence-corrected chi connectivity index (χ0v) is 18.5. The quantitative estimate of drug-likeness (QED) is 0.484. The first-order chi connectivity index (χ1) is 14.8. The zero-order valence-electron chi connectivity index (χ0n) is 16.9. The number of para-hydroxylation sites is 1. The molecule has 0 saturated carbocycles. The Balaban J connectivity index is 1.68. The molecule has 1 amide bonds. The van der Waals surface area contributed by atoms with E-state index in [0.717, 1.165) is 11.1 Å². The summed E-state index contributed by atoms with van der Waals surface area (Å²) in [4.78, 5) is 12.3. The Labute approximate surface area is 186 Å². The molecule has 0 aliphatic heterocycles. The van der Waals surface area contributed by atoms with Crippen LogP contribution in [0.5, 0.6) is 5.75 Å². The Hall–Kier alpha value is -3.29. The number of carbonyl (C=O) groups is 1. The largest absolute Gasteiger partial charge is 0.496 e. The van der Waals surface area contributed by atoms with Crippen LogP contribution in [0.4, 0.5) is 11.4 Å². The average molecular weight is 457 g/mol. The molecule has 0 saturated heterocycles. The molecule has 0 atom stereocenters. The van der Waals surface area contributed by atoms with Crippen molar-refractivity contribution < 1.29 is 17.9 Å². The number of anilines is 2. The van der Waals surface area contributed by atoms with E-state index in [0.29, 0.717) is 22.1 Å². The number of methoxy groups -OCH3 is 1. The highest BCUT2D eigenvalue weighted by Gasteiger charge is 2.15. The molecule has 0 aliphatic carbocycles. The molecule has 0 aliphatic rings. The molecule has 0 aromatic heterocycles. The summed E-state index contributed by atoms with van der Waals surface area (Å²) in [5.41, 5.74) is 2.39. The Morgan fingerprint density at radius 2 is 1.74 bits per heavy atom. The second kappa shape index (κ2) is 9.68. The lowest BCUT2D eigenvalue weighted by atomic mass is 10.2. The smallest absolute Gasteiger partial charge is 0.261 e. The molecular weight excluding hydrogens is 436 g/mol. The van der Waals surface area contributed by atoms with Crippen LogP contribution >= 0.6 is 11.6 Å². The van der Waals surface area contributed by atoms with Crippen molar-refractivity contribution in [3.8, 4) is 5.75 Å². The van der Waals surface area contributed by atoms with Gasteiger partial charge in [-0.15, -0.1) is 0 Å². The Morgan fingerprint density at radius 3 is 2.45 bits per heavy atom. The number of hydrogen-bond donors (Lipinski definition) is 2. The van der Waals surface area contributed by atoms with Crippen molar-refractivity contribution in [2.45, 2.75) is 11.8 Å². The van der Waals surface area contributed by atoms with Gasteiger partial charge in [0.05, 0.1) is 17.7 Å². The first kappa shape index (κ1) is 22.4. The normalized spacial score (nSPS) is 11.3. The van der Waals surface area contributed by atoms with E-state index >= 15 is 0 Å². The Morgan fingerprint density at radius 1 is 1.03 bits per heavy atom. The molecule has 3 aromatic carbocycles. The number of amides is 1. The van der Waals surface area contributed by atoms with Crippen LogP contribution < -0.4 is 14.8 Å². The number of hydrogen-bond acceptors (Lipinski definition) is 4. The molecule has 3 rings (SSSR count). The molecule has 0 fully saturated rings. The summed E-state index contributed by atoms with van der Waals surface area (Å²) in [5, 5.41) is 3.13. The van der Waals surface area contributed by atoms with E-state index in [2.05, 4.69) is 10.0 Å².